The minimum atomic E-state index is -0.468. The number of nitro groups is 1. The Hall–Kier alpha value is -1.78. The highest BCUT2D eigenvalue weighted by Crippen LogP contribution is 2.26. The second-order valence-electron chi connectivity index (χ2n) is 4.43. The molecule has 1 heterocycles. The van der Waals surface area contributed by atoms with Crippen LogP contribution in [0.2, 0.25) is 0 Å². The Morgan fingerprint density at radius 3 is 2.35 bits per heavy atom. The molecule has 1 aromatic heterocycles. The van der Waals surface area contributed by atoms with Crippen molar-refractivity contribution in [2.75, 3.05) is 0 Å². The van der Waals surface area contributed by atoms with E-state index in [1.165, 1.54) is 13.0 Å². The molecule has 1 atom stereocenters. The normalized spacial score (nSPS) is 12.5. The maximum Gasteiger partial charge on any atom is 0.290 e. The van der Waals surface area contributed by atoms with Gasteiger partial charge in [-0.3, -0.25) is 19.9 Å². The van der Waals surface area contributed by atoms with Crippen LogP contribution in [-0.2, 0) is 4.79 Å². The van der Waals surface area contributed by atoms with Gasteiger partial charge < -0.3 is 0 Å². The molecule has 0 fully saturated rings. The number of hydrogen-bond donors (Lipinski definition) is 0. The minimum absolute atomic E-state index is 0.0141. The predicted octanol–water partition coefficient (Wildman–Crippen LogP) is 2.63. The Balaban J connectivity index is 3.20. The van der Waals surface area contributed by atoms with Crippen LogP contribution in [0.25, 0.3) is 0 Å². The summed E-state index contributed by atoms with van der Waals surface area (Å²) < 4.78 is 0. The van der Waals surface area contributed by atoms with Gasteiger partial charge in [0.15, 0.2) is 0 Å². The fraction of sp³-hybridized carbons (Fsp3) is 0.500. The number of nitrogens with zero attached hydrogens (tertiary/aromatic N) is 2. The average Bonchev–Trinajstić information content (AvgIpc) is 2.15. The molecule has 0 aliphatic heterocycles. The third-order valence-electron chi connectivity index (χ3n) is 2.70. The van der Waals surface area contributed by atoms with Crippen LogP contribution in [0, 0.1) is 23.0 Å². The van der Waals surface area contributed by atoms with E-state index in [0.717, 1.165) is 0 Å². The second kappa shape index (κ2) is 5.03. The number of Topliss-reactive ketones (excluding diaryl/α,β-unsaturated/α-hetero) is 1. The number of ketones is 1. The van der Waals surface area contributed by atoms with Gasteiger partial charge in [0.1, 0.15) is 11.5 Å². The lowest BCUT2D eigenvalue weighted by molar-refractivity contribution is -0.385. The molecule has 92 valence electrons. The molecule has 0 spiro atoms. The molecule has 1 unspecified atom stereocenters. The lowest BCUT2D eigenvalue weighted by atomic mass is 9.88. The number of pyridine rings is 1. The van der Waals surface area contributed by atoms with Crippen LogP contribution in [0.15, 0.2) is 12.1 Å². The van der Waals surface area contributed by atoms with Gasteiger partial charge in [0, 0.05) is 6.07 Å². The summed E-state index contributed by atoms with van der Waals surface area (Å²) in [4.78, 5) is 25.9. The molecule has 5 nitrogen and oxygen atoms in total. The van der Waals surface area contributed by atoms with Gasteiger partial charge in [-0.2, -0.15) is 0 Å². The first kappa shape index (κ1) is 13.3. The van der Waals surface area contributed by atoms with Crippen molar-refractivity contribution < 1.29 is 9.72 Å². The molecule has 0 N–H and O–H groups in total. The first-order chi connectivity index (χ1) is 7.84. The minimum Gasteiger partial charge on any atom is -0.299 e. The SMILES string of the molecule is CC(=O)C(c1ccc([N+](=O)[O-])c(C)n1)C(C)C. The Labute approximate surface area is 100 Å². The van der Waals surface area contributed by atoms with Crippen LogP contribution in [0.5, 0.6) is 0 Å². The van der Waals surface area contributed by atoms with Gasteiger partial charge in [-0.25, -0.2) is 0 Å². The third kappa shape index (κ3) is 2.87. The molecule has 0 bridgehead atoms. The highest BCUT2D eigenvalue weighted by atomic mass is 16.6. The Bertz CT molecular complexity index is 455. The zero-order valence-electron chi connectivity index (χ0n) is 10.4. The number of aromatic nitrogens is 1. The highest BCUT2D eigenvalue weighted by Gasteiger charge is 2.24. The number of aryl methyl sites for hydroxylation is 1. The zero-order chi connectivity index (χ0) is 13.2. The van der Waals surface area contributed by atoms with E-state index < -0.39 is 4.92 Å². The van der Waals surface area contributed by atoms with Gasteiger partial charge in [-0.15, -0.1) is 0 Å². The third-order valence-corrected chi connectivity index (χ3v) is 2.70. The van der Waals surface area contributed by atoms with E-state index >= 15 is 0 Å². The maximum absolute atomic E-state index is 11.5. The smallest absolute Gasteiger partial charge is 0.290 e. The molecule has 0 saturated heterocycles. The van der Waals surface area contributed by atoms with E-state index in [1.807, 2.05) is 13.8 Å². The summed E-state index contributed by atoms with van der Waals surface area (Å²) in [7, 11) is 0. The Morgan fingerprint density at radius 2 is 2.00 bits per heavy atom. The molecule has 1 aromatic rings. The van der Waals surface area contributed by atoms with Gasteiger partial charge in [0.25, 0.3) is 5.69 Å². The lowest BCUT2D eigenvalue weighted by Gasteiger charge is -2.17. The van der Waals surface area contributed by atoms with Crippen LogP contribution in [0.1, 0.15) is 38.1 Å². The van der Waals surface area contributed by atoms with Crippen LogP contribution in [-0.4, -0.2) is 15.7 Å². The van der Waals surface area contributed by atoms with Gasteiger partial charge >= 0.3 is 0 Å². The van der Waals surface area contributed by atoms with Crippen molar-refractivity contribution in [1.29, 1.82) is 0 Å². The monoisotopic (exact) mass is 236 g/mol. The summed E-state index contributed by atoms with van der Waals surface area (Å²) >= 11 is 0. The number of hydrogen-bond acceptors (Lipinski definition) is 4. The molecule has 0 aliphatic carbocycles. The summed E-state index contributed by atoms with van der Waals surface area (Å²) in [6.07, 6.45) is 0. The molecule has 0 saturated carbocycles. The van der Waals surface area contributed by atoms with Crippen LogP contribution < -0.4 is 0 Å². The van der Waals surface area contributed by atoms with Crippen molar-refractivity contribution in [2.24, 2.45) is 5.92 Å². The summed E-state index contributed by atoms with van der Waals surface area (Å²) in [6.45, 7) is 6.97. The van der Waals surface area contributed by atoms with Crippen molar-refractivity contribution in [3.8, 4) is 0 Å². The first-order valence-electron chi connectivity index (χ1n) is 5.47. The van der Waals surface area contributed by atoms with E-state index in [2.05, 4.69) is 4.98 Å². The number of carbonyl (C=O) groups excluding carboxylic acids is 1. The fourth-order valence-electron chi connectivity index (χ4n) is 1.96. The fourth-order valence-corrected chi connectivity index (χ4v) is 1.96. The second-order valence-corrected chi connectivity index (χ2v) is 4.43. The molecule has 0 aliphatic rings. The molecule has 0 aromatic carbocycles. The quantitative estimate of drug-likeness (QED) is 0.595. The molecule has 0 amide bonds. The topological polar surface area (TPSA) is 73.1 Å². The predicted molar refractivity (Wildman–Crippen MR) is 63.9 cm³/mol. The molecule has 0 radical (unpaired) electrons. The van der Waals surface area contributed by atoms with Crippen LogP contribution in [0.3, 0.4) is 0 Å². The van der Waals surface area contributed by atoms with Gasteiger partial charge in [-0.1, -0.05) is 13.8 Å². The maximum atomic E-state index is 11.5. The van der Waals surface area contributed by atoms with Gasteiger partial charge in [-0.05, 0) is 25.8 Å². The molecular weight excluding hydrogens is 220 g/mol. The molecule has 1 rings (SSSR count). The largest absolute Gasteiger partial charge is 0.299 e. The molecule has 5 heteroatoms. The van der Waals surface area contributed by atoms with Crippen molar-refractivity contribution >= 4 is 11.5 Å². The van der Waals surface area contributed by atoms with Gasteiger partial charge in [0.2, 0.25) is 0 Å². The van der Waals surface area contributed by atoms with E-state index in [-0.39, 0.29) is 23.3 Å². The Kier molecular flexibility index (Phi) is 3.93. The van der Waals surface area contributed by atoms with E-state index in [0.29, 0.717) is 11.4 Å². The molecule has 17 heavy (non-hydrogen) atoms. The summed E-state index contributed by atoms with van der Waals surface area (Å²) in [5.41, 5.74) is 0.940. The summed E-state index contributed by atoms with van der Waals surface area (Å²) in [6, 6.07) is 2.98. The van der Waals surface area contributed by atoms with Crippen molar-refractivity contribution in [3.63, 3.8) is 0 Å². The van der Waals surface area contributed by atoms with Crippen molar-refractivity contribution in [2.45, 2.75) is 33.6 Å². The van der Waals surface area contributed by atoms with E-state index in [1.54, 1.807) is 13.0 Å². The first-order valence-corrected chi connectivity index (χ1v) is 5.47. The molecular formula is C12H16N2O3. The lowest BCUT2D eigenvalue weighted by Crippen LogP contribution is -2.17. The van der Waals surface area contributed by atoms with Crippen LogP contribution >= 0.6 is 0 Å². The number of carbonyl (C=O) groups is 1. The van der Waals surface area contributed by atoms with E-state index in [4.69, 9.17) is 0 Å². The van der Waals surface area contributed by atoms with Gasteiger partial charge in [0.05, 0.1) is 16.5 Å². The summed E-state index contributed by atoms with van der Waals surface area (Å²) in [5.74, 6) is -0.142. The standard InChI is InChI=1S/C12H16N2O3/c1-7(2)12(9(4)15)10-5-6-11(14(16)17)8(3)13-10/h5-7,12H,1-4H3. The summed E-state index contributed by atoms with van der Waals surface area (Å²) in [5, 5.41) is 10.7. The van der Waals surface area contributed by atoms with Crippen molar-refractivity contribution in [3.05, 3.63) is 33.6 Å². The van der Waals surface area contributed by atoms with Crippen LogP contribution in [0.4, 0.5) is 5.69 Å². The number of rotatable bonds is 4. The average molecular weight is 236 g/mol. The van der Waals surface area contributed by atoms with E-state index in [9.17, 15) is 14.9 Å². The van der Waals surface area contributed by atoms with Crippen molar-refractivity contribution in [1.82, 2.24) is 4.98 Å². The zero-order valence-corrected chi connectivity index (χ0v) is 10.4. The highest BCUT2D eigenvalue weighted by molar-refractivity contribution is 5.83. The Morgan fingerprint density at radius 1 is 1.41 bits per heavy atom.